The minimum absolute atomic E-state index is 0.294. The molecular formula is C30H24ClN7O4. The van der Waals surface area contributed by atoms with Crippen LogP contribution in [0.15, 0.2) is 98.8 Å². The number of carbonyl (C=O) groups is 1. The Morgan fingerprint density at radius 3 is 2.50 bits per heavy atom. The summed E-state index contributed by atoms with van der Waals surface area (Å²) in [4.78, 5) is 30.2. The number of ether oxygens (including phenoxy) is 3. The number of amides is 2. The number of benzene rings is 3. The molecule has 0 spiro atoms. The highest BCUT2D eigenvalue weighted by Crippen LogP contribution is 2.38. The fourth-order valence-corrected chi connectivity index (χ4v) is 4.30. The smallest absolute Gasteiger partial charge is 0.323 e. The molecular weight excluding hydrogens is 558 g/mol. The zero-order chi connectivity index (χ0) is 29.5. The van der Waals surface area contributed by atoms with Crippen LogP contribution in [0.5, 0.6) is 23.1 Å². The first-order valence-corrected chi connectivity index (χ1v) is 12.8. The number of anilines is 3. The van der Waals surface area contributed by atoms with Crippen molar-refractivity contribution in [2.75, 3.05) is 23.1 Å². The predicted molar refractivity (Wildman–Crippen MR) is 162 cm³/mol. The summed E-state index contributed by atoms with van der Waals surface area (Å²) in [7, 11) is 1.48. The molecule has 0 saturated carbocycles. The molecule has 0 aliphatic heterocycles. The topological polar surface area (TPSA) is 132 Å². The molecule has 0 aliphatic carbocycles. The number of halogens is 1. The van der Waals surface area contributed by atoms with Crippen LogP contribution in [0.4, 0.5) is 22.1 Å². The van der Waals surface area contributed by atoms with Crippen molar-refractivity contribution in [3.8, 4) is 34.5 Å². The fourth-order valence-electron chi connectivity index (χ4n) is 4.05. The van der Waals surface area contributed by atoms with Gasteiger partial charge in [-0.1, -0.05) is 49.0 Å². The summed E-state index contributed by atoms with van der Waals surface area (Å²) in [5.74, 6) is 2.22. The van der Waals surface area contributed by atoms with Gasteiger partial charge in [0, 0.05) is 23.0 Å². The zero-order valence-corrected chi connectivity index (χ0v) is 23.1. The Morgan fingerprint density at radius 2 is 1.71 bits per heavy atom. The van der Waals surface area contributed by atoms with Crippen LogP contribution in [0.25, 0.3) is 22.2 Å². The summed E-state index contributed by atoms with van der Waals surface area (Å²) >= 11 is 6.26. The van der Waals surface area contributed by atoms with Crippen molar-refractivity contribution in [3.63, 3.8) is 0 Å². The number of carbonyl (C=O) groups excluding carboxylic acids is 1. The van der Waals surface area contributed by atoms with Gasteiger partial charge in [0.15, 0.2) is 11.6 Å². The first-order valence-electron chi connectivity index (χ1n) is 12.4. The molecule has 0 atom stereocenters. The highest BCUT2D eigenvalue weighted by Gasteiger charge is 2.17. The third kappa shape index (κ3) is 6.06. The van der Waals surface area contributed by atoms with E-state index in [1.807, 2.05) is 24.3 Å². The molecule has 0 bridgehead atoms. The van der Waals surface area contributed by atoms with E-state index in [2.05, 4.69) is 49.0 Å². The van der Waals surface area contributed by atoms with Gasteiger partial charge in [-0.2, -0.15) is 4.98 Å². The van der Waals surface area contributed by atoms with Crippen LogP contribution >= 0.6 is 11.6 Å². The third-order valence-corrected chi connectivity index (χ3v) is 6.16. The van der Waals surface area contributed by atoms with Crippen LogP contribution in [0.3, 0.4) is 0 Å². The summed E-state index contributed by atoms with van der Waals surface area (Å²) < 4.78 is 16.9. The van der Waals surface area contributed by atoms with Crippen molar-refractivity contribution in [2.45, 2.75) is 0 Å². The first-order chi connectivity index (χ1) is 20.5. The average molecular weight is 582 g/mol. The number of fused-ring (bicyclic) bond motifs is 1. The number of nitrogens with zero attached hydrogens (tertiary/aromatic N) is 4. The Balaban J connectivity index is 1.43. The van der Waals surface area contributed by atoms with E-state index in [0.29, 0.717) is 56.9 Å². The Hall–Kier alpha value is -5.68. The molecule has 2 heterocycles. The normalized spacial score (nSPS) is 10.4. The van der Waals surface area contributed by atoms with Crippen molar-refractivity contribution in [3.05, 3.63) is 104 Å². The molecule has 11 nitrogen and oxygen atoms in total. The number of hydrogen-bond acceptors (Lipinski definition) is 9. The number of nitrogens with one attached hydrogen (secondary N) is 3. The van der Waals surface area contributed by atoms with Crippen LogP contribution in [0, 0.1) is 0 Å². The molecule has 3 N–H and O–H groups in total. The molecule has 5 aromatic rings. The number of rotatable bonds is 10. The van der Waals surface area contributed by atoms with E-state index >= 15 is 0 Å². The van der Waals surface area contributed by atoms with Gasteiger partial charge in [0.1, 0.15) is 17.8 Å². The number of pyridine rings is 1. The number of urea groups is 1. The second kappa shape index (κ2) is 12.7. The molecule has 5 rings (SSSR count). The van der Waals surface area contributed by atoms with Crippen molar-refractivity contribution < 1.29 is 19.0 Å². The van der Waals surface area contributed by atoms with Gasteiger partial charge in [-0.3, -0.25) is 0 Å². The van der Waals surface area contributed by atoms with E-state index in [0.717, 1.165) is 10.8 Å². The van der Waals surface area contributed by atoms with Crippen molar-refractivity contribution in [2.24, 2.45) is 0 Å². The van der Waals surface area contributed by atoms with E-state index in [1.165, 1.54) is 32.0 Å². The molecule has 2 amide bonds. The van der Waals surface area contributed by atoms with Gasteiger partial charge < -0.3 is 30.2 Å². The lowest BCUT2D eigenvalue weighted by Crippen LogP contribution is -2.20. The SMILES string of the molecule is C=CNc1ncnc(-c2cccnc2Oc2ccc(NC(=O)Nc3cc(Cl)c(OC)cc3OC=C)c3ccccc23)n1. The number of aromatic nitrogens is 4. The highest BCUT2D eigenvalue weighted by atomic mass is 35.5. The minimum Gasteiger partial charge on any atom is -0.495 e. The van der Waals surface area contributed by atoms with Gasteiger partial charge in [-0.05, 0) is 36.5 Å². The van der Waals surface area contributed by atoms with Gasteiger partial charge in [-0.25, -0.2) is 19.7 Å². The van der Waals surface area contributed by atoms with Crippen LogP contribution in [0.2, 0.25) is 5.02 Å². The molecule has 0 fully saturated rings. The second-order valence-corrected chi connectivity index (χ2v) is 8.85. The standard InChI is InChI=1S/C30H24ClN7O4/c1-4-32-29-35-17-34-27(38-29)20-11-8-14-33-28(20)42-24-13-12-22(18-9-6-7-10-19(18)24)36-30(39)37-23-15-21(31)25(40-3)16-26(23)41-5-2/h4-17H,1-2H2,3H3,(H2,36,37,39)(H,32,34,35,38). The molecule has 0 aliphatic rings. The van der Waals surface area contributed by atoms with Crippen LogP contribution in [-0.4, -0.2) is 33.1 Å². The molecule has 0 saturated heterocycles. The third-order valence-electron chi connectivity index (χ3n) is 5.87. The average Bonchev–Trinajstić information content (AvgIpc) is 3.00. The van der Waals surface area contributed by atoms with E-state index in [4.69, 9.17) is 25.8 Å². The Labute approximate surface area is 245 Å². The highest BCUT2D eigenvalue weighted by molar-refractivity contribution is 6.32. The maximum absolute atomic E-state index is 13.0. The Bertz CT molecular complexity index is 1800. The monoisotopic (exact) mass is 581 g/mol. The lowest BCUT2D eigenvalue weighted by atomic mass is 10.1. The molecule has 42 heavy (non-hydrogen) atoms. The molecule has 0 unspecified atom stereocenters. The van der Waals surface area contributed by atoms with Crippen LogP contribution in [-0.2, 0) is 0 Å². The molecule has 210 valence electrons. The maximum Gasteiger partial charge on any atom is 0.323 e. The van der Waals surface area contributed by atoms with Crippen molar-refractivity contribution in [1.29, 1.82) is 0 Å². The minimum atomic E-state index is -0.519. The Morgan fingerprint density at radius 1 is 0.905 bits per heavy atom. The van der Waals surface area contributed by atoms with Crippen molar-refractivity contribution in [1.82, 2.24) is 19.9 Å². The van der Waals surface area contributed by atoms with Gasteiger partial charge in [0.2, 0.25) is 11.8 Å². The van der Waals surface area contributed by atoms with Crippen LogP contribution < -0.4 is 30.2 Å². The maximum atomic E-state index is 13.0. The van der Waals surface area contributed by atoms with Gasteiger partial charge in [0.05, 0.1) is 35.3 Å². The zero-order valence-electron chi connectivity index (χ0n) is 22.3. The summed E-state index contributed by atoms with van der Waals surface area (Å²) in [5.41, 5.74) is 1.43. The molecule has 3 aromatic carbocycles. The van der Waals surface area contributed by atoms with Gasteiger partial charge in [-0.15, -0.1) is 0 Å². The van der Waals surface area contributed by atoms with E-state index in [-0.39, 0.29) is 0 Å². The predicted octanol–water partition coefficient (Wildman–Crippen LogP) is 7.26. The Kier molecular flexibility index (Phi) is 8.40. The molecule has 0 radical (unpaired) electrons. The second-order valence-electron chi connectivity index (χ2n) is 8.44. The first kappa shape index (κ1) is 27.9. The quantitative estimate of drug-likeness (QED) is 0.146. The van der Waals surface area contributed by atoms with Crippen LogP contribution in [0.1, 0.15) is 0 Å². The summed E-state index contributed by atoms with van der Waals surface area (Å²) in [6, 6.07) is 17.1. The van der Waals surface area contributed by atoms with Gasteiger partial charge >= 0.3 is 6.03 Å². The molecule has 12 heteroatoms. The summed E-state index contributed by atoms with van der Waals surface area (Å²) in [5, 5.41) is 10.3. The van der Waals surface area contributed by atoms with Gasteiger partial charge in [0.25, 0.3) is 0 Å². The van der Waals surface area contributed by atoms with Crippen molar-refractivity contribution >= 4 is 45.7 Å². The summed E-state index contributed by atoms with van der Waals surface area (Å²) in [6.45, 7) is 7.20. The number of methoxy groups -OCH3 is 1. The largest absolute Gasteiger partial charge is 0.495 e. The molecule has 2 aromatic heterocycles. The van der Waals surface area contributed by atoms with E-state index < -0.39 is 6.03 Å². The van der Waals surface area contributed by atoms with E-state index in [9.17, 15) is 4.79 Å². The fraction of sp³-hybridized carbons (Fsp3) is 0.0333. The summed E-state index contributed by atoms with van der Waals surface area (Å²) in [6.07, 6.45) is 5.71. The lowest BCUT2D eigenvalue weighted by Gasteiger charge is -2.16. The number of hydrogen-bond donors (Lipinski definition) is 3. The lowest BCUT2D eigenvalue weighted by molar-refractivity contribution is 0.262. The van der Waals surface area contributed by atoms with E-state index in [1.54, 1.807) is 36.5 Å².